The third-order valence-corrected chi connectivity index (χ3v) is 9.16. The summed E-state index contributed by atoms with van der Waals surface area (Å²) in [6.45, 7) is 12.5. The van der Waals surface area contributed by atoms with Crippen LogP contribution in [0, 0.1) is 23.7 Å². The number of morpholine rings is 1. The average molecular weight is 523 g/mol. The molecule has 2 fully saturated rings. The molecular formula is C28H42N6O2Si. The summed E-state index contributed by atoms with van der Waals surface area (Å²) in [7, 11) is -1.15. The molecule has 0 radical (unpaired) electrons. The lowest BCUT2D eigenvalue weighted by Crippen LogP contribution is -2.44. The van der Waals surface area contributed by atoms with Gasteiger partial charge in [0, 0.05) is 45.0 Å². The molecule has 0 unspecified atom stereocenters. The predicted octanol–water partition coefficient (Wildman–Crippen LogP) is 5.46. The first-order chi connectivity index (χ1) is 17.8. The molecule has 2 aromatic heterocycles. The van der Waals surface area contributed by atoms with Crippen LogP contribution in [0.5, 0.6) is 0 Å². The van der Waals surface area contributed by atoms with Crippen molar-refractivity contribution in [1.82, 2.24) is 14.8 Å². The molecule has 0 spiro atoms. The first-order valence-corrected chi connectivity index (χ1v) is 17.2. The molecular weight excluding hydrogens is 480 g/mol. The second-order valence-corrected chi connectivity index (χ2v) is 17.1. The number of hydrogen-bond donors (Lipinski definition) is 2. The molecule has 8 nitrogen and oxygen atoms in total. The molecule has 2 aromatic rings. The molecule has 2 aliphatic rings. The summed E-state index contributed by atoms with van der Waals surface area (Å²) in [6.07, 6.45) is 13.0. The molecule has 0 bridgehead atoms. The van der Waals surface area contributed by atoms with Gasteiger partial charge in [-0.05, 0) is 56.2 Å². The van der Waals surface area contributed by atoms with Gasteiger partial charge in [-0.15, -0.1) is 12.3 Å². The third kappa shape index (κ3) is 7.01. The van der Waals surface area contributed by atoms with Gasteiger partial charge in [0.1, 0.15) is 24.2 Å². The minimum atomic E-state index is -1.15. The SMILES string of the molecule is C#CC1CCC(c2cc(N3CCOC[C@H]3C)nc(Nc3ccnn3COCC[Si](C)(C)C)c2C=N)CC1. The normalized spacial score (nSPS) is 22.5. The molecule has 0 aromatic carbocycles. The number of nitrogens with zero attached hydrogens (tertiary/aromatic N) is 4. The summed E-state index contributed by atoms with van der Waals surface area (Å²) in [5, 5.41) is 16.3. The zero-order valence-electron chi connectivity index (χ0n) is 22.8. The van der Waals surface area contributed by atoms with Crippen molar-refractivity contribution in [2.24, 2.45) is 5.92 Å². The lowest BCUT2D eigenvalue weighted by Gasteiger charge is -2.36. The van der Waals surface area contributed by atoms with E-state index in [-0.39, 0.29) is 6.04 Å². The monoisotopic (exact) mass is 522 g/mol. The van der Waals surface area contributed by atoms with E-state index in [9.17, 15) is 0 Å². The number of rotatable bonds is 10. The van der Waals surface area contributed by atoms with E-state index in [2.05, 4.69) is 53.9 Å². The first-order valence-electron chi connectivity index (χ1n) is 13.5. The van der Waals surface area contributed by atoms with Gasteiger partial charge in [-0.25, -0.2) is 9.67 Å². The van der Waals surface area contributed by atoms with Crippen LogP contribution in [0.2, 0.25) is 25.7 Å². The Morgan fingerprint density at radius 2 is 2.08 bits per heavy atom. The number of hydrogen-bond acceptors (Lipinski definition) is 7. The van der Waals surface area contributed by atoms with Gasteiger partial charge in [0.05, 0.1) is 25.5 Å². The van der Waals surface area contributed by atoms with E-state index in [4.69, 9.17) is 26.3 Å². The second-order valence-electron chi connectivity index (χ2n) is 11.5. The Bertz CT molecular complexity index is 1100. The lowest BCUT2D eigenvalue weighted by molar-refractivity contribution is 0.0801. The van der Waals surface area contributed by atoms with Crippen LogP contribution >= 0.6 is 0 Å². The fraction of sp³-hybridized carbons (Fsp3) is 0.607. The highest BCUT2D eigenvalue weighted by Crippen LogP contribution is 2.40. The summed E-state index contributed by atoms with van der Waals surface area (Å²) in [6, 6.07) is 5.47. The van der Waals surface area contributed by atoms with Gasteiger partial charge in [0.15, 0.2) is 0 Å². The van der Waals surface area contributed by atoms with E-state index in [0.29, 0.717) is 37.6 Å². The van der Waals surface area contributed by atoms with Crippen molar-refractivity contribution < 1.29 is 9.47 Å². The van der Waals surface area contributed by atoms with Gasteiger partial charge >= 0.3 is 0 Å². The van der Waals surface area contributed by atoms with E-state index in [1.807, 2.05) is 10.7 Å². The van der Waals surface area contributed by atoms with Gasteiger partial charge < -0.3 is 25.1 Å². The predicted molar refractivity (Wildman–Crippen MR) is 153 cm³/mol. The smallest absolute Gasteiger partial charge is 0.143 e. The maximum Gasteiger partial charge on any atom is 0.143 e. The summed E-state index contributed by atoms with van der Waals surface area (Å²) in [5.41, 5.74) is 2.01. The Kier molecular flexibility index (Phi) is 9.06. The molecule has 3 heterocycles. The van der Waals surface area contributed by atoms with Crippen molar-refractivity contribution in [3.63, 3.8) is 0 Å². The number of ether oxygens (including phenoxy) is 2. The largest absolute Gasteiger partial charge is 0.377 e. The molecule has 200 valence electrons. The Hall–Kier alpha value is -2.67. The van der Waals surface area contributed by atoms with Crippen LogP contribution in [0.4, 0.5) is 17.5 Å². The van der Waals surface area contributed by atoms with Crippen molar-refractivity contribution >= 4 is 31.7 Å². The molecule has 1 atom stereocenters. The molecule has 0 amide bonds. The Morgan fingerprint density at radius 1 is 1.30 bits per heavy atom. The quantitative estimate of drug-likeness (QED) is 0.186. The van der Waals surface area contributed by atoms with E-state index in [1.54, 1.807) is 6.20 Å². The number of aromatic nitrogens is 3. The standard InChI is InChI=1S/C28H42N6O2Si/c1-6-22-7-9-23(10-8-22)24-17-27(33-13-14-35-19-21(33)2)32-28(25(24)18-29)31-26-11-12-30-34(26)20-36-15-16-37(3,4)5/h1,11-12,17-18,21-23,29H,7-10,13-16,19-20H2,2-5H3,(H,31,32)/t21-,22?,23?/m1/s1. The third-order valence-electron chi connectivity index (χ3n) is 7.46. The zero-order chi connectivity index (χ0) is 26.4. The number of anilines is 3. The highest BCUT2D eigenvalue weighted by molar-refractivity contribution is 6.76. The van der Waals surface area contributed by atoms with Crippen molar-refractivity contribution in [2.45, 2.75) is 77.0 Å². The van der Waals surface area contributed by atoms with Crippen LogP contribution in [0.15, 0.2) is 18.3 Å². The zero-order valence-corrected chi connectivity index (χ0v) is 23.8. The van der Waals surface area contributed by atoms with Crippen molar-refractivity contribution in [1.29, 1.82) is 5.41 Å². The van der Waals surface area contributed by atoms with Gasteiger partial charge in [0.25, 0.3) is 0 Å². The van der Waals surface area contributed by atoms with Crippen LogP contribution in [-0.4, -0.2) is 61.5 Å². The Morgan fingerprint density at radius 3 is 2.76 bits per heavy atom. The van der Waals surface area contributed by atoms with E-state index >= 15 is 0 Å². The summed E-state index contributed by atoms with van der Waals surface area (Å²) in [4.78, 5) is 7.36. The minimum Gasteiger partial charge on any atom is -0.377 e. The van der Waals surface area contributed by atoms with Crippen LogP contribution < -0.4 is 10.2 Å². The molecule has 37 heavy (non-hydrogen) atoms. The summed E-state index contributed by atoms with van der Waals surface area (Å²) in [5.74, 6) is 6.06. The van der Waals surface area contributed by atoms with E-state index in [1.165, 1.54) is 11.8 Å². The molecule has 4 rings (SSSR count). The molecule has 9 heteroatoms. The topological polar surface area (TPSA) is 88.3 Å². The summed E-state index contributed by atoms with van der Waals surface area (Å²) >= 11 is 0. The number of nitrogens with one attached hydrogen (secondary N) is 2. The van der Waals surface area contributed by atoms with Gasteiger partial charge in [-0.2, -0.15) is 5.10 Å². The van der Waals surface area contributed by atoms with Gasteiger partial charge in [0.2, 0.25) is 0 Å². The van der Waals surface area contributed by atoms with E-state index in [0.717, 1.165) is 62.1 Å². The van der Waals surface area contributed by atoms with Gasteiger partial charge in [-0.1, -0.05) is 19.6 Å². The number of pyridine rings is 1. The maximum atomic E-state index is 8.34. The fourth-order valence-corrected chi connectivity index (χ4v) is 5.88. The van der Waals surface area contributed by atoms with E-state index < -0.39 is 8.07 Å². The highest BCUT2D eigenvalue weighted by Gasteiger charge is 2.28. The molecule has 2 N–H and O–H groups in total. The van der Waals surface area contributed by atoms with Crippen LogP contribution in [0.1, 0.15) is 49.7 Å². The molecule has 1 aliphatic heterocycles. The maximum absolute atomic E-state index is 8.34. The summed E-state index contributed by atoms with van der Waals surface area (Å²) < 4.78 is 13.5. The van der Waals surface area contributed by atoms with Crippen molar-refractivity contribution in [3.05, 3.63) is 29.5 Å². The Balaban J connectivity index is 1.62. The minimum absolute atomic E-state index is 0.232. The lowest BCUT2D eigenvalue weighted by atomic mass is 9.78. The van der Waals surface area contributed by atoms with Crippen LogP contribution in [0.3, 0.4) is 0 Å². The first kappa shape index (κ1) is 27.4. The average Bonchev–Trinajstić information content (AvgIpc) is 3.32. The van der Waals surface area contributed by atoms with Crippen molar-refractivity contribution in [2.75, 3.05) is 36.6 Å². The van der Waals surface area contributed by atoms with Crippen molar-refractivity contribution in [3.8, 4) is 12.3 Å². The molecule has 1 saturated carbocycles. The van der Waals surface area contributed by atoms with Gasteiger partial charge in [-0.3, -0.25) is 0 Å². The fourth-order valence-electron chi connectivity index (χ4n) is 5.12. The molecule has 1 aliphatic carbocycles. The Labute approximate surface area is 222 Å². The van der Waals surface area contributed by atoms with Crippen LogP contribution in [-0.2, 0) is 16.2 Å². The second kappa shape index (κ2) is 12.2. The molecule has 1 saturated heterocycles. The van der Waals surface area contributed by atoms with Crippen LogP contribution in [0.25, 0.3) is 0 Å². The highest BCUT2D eigenvalue weighted by atomic mass is 28.3. The number of terminal acetylenes is 1.